The molecule has 126 valence electrons. The first-order chi connectivity index (χ1) is 10.1. The van der Waals surface area contributed by atoms with E-state index in [1.807, 2.05) is 0 Å². The van der Waals surface area contributed by atoms with Crippen LogP contribution in [-0.2, 0) is 9.47 Å². The van der Waals surface area contributed by atoms with Gasteiger partial charge < -0.3 is 20.1 Å². The minimum Gasteiger partial charge on any atom is -0.381 e. The Hall–Kier alpha value is -0.810. The second-order valence-corrected chi connectivity index (χ2v) is 6.07. The van der Waals surface area contributed by atoms with Crippen LogP contribution in [0.3, 0.4) is 0 Å². The van der Waals surface area contributed by atoms with E-state index in [9.17, 15) is 0 Å². The van der Waals surface area contributed by atoms with Gasteiger partial charge >= 0.3 is 0 Å². The van der Waals surface area contributed by atoms with E-state index in [1.54, 1.807) is 7.05 Å². The van der Waals surface area contributed by atoms with Crippen molar-refractivity contribution in [2.45, 2.75) is 40.5 Å². The van der Waals surface area contributed by atoms with Crippen molar-refractivity contribution in [2.75, 3.05) is 46.6 Å². The first-order valence-corrected chi connectivity index (χ1v) is 8.16. The van der Waals surface area contributed by atoms with Gasteiger partial charge in [0.05, 0.1) is 0 Å². The van der Waals surface area contributed by atoms with Gasteiger partial charge in [-0.15, -0.1) is 0 Å². The van der Waals surface area contributed by atoms with Gasteiger partial charge in [0.1, 0.15) is 0 Å². The Morgan fingerprint density at radius 1 is 0.857 bits per heavy atom. The van der Waals surface area contributed by atoms with Crippen molar-refractivity contribution < 1.29 is 9.47 Å². The van der Waals surface area contributed by atoms with Gasteiger partial charge in [0.15, 0.2) is 5.96 Å². The number of ether oxygens (including phenoxy) is 2. The van der Waals surface area contributed by atoms with Crippen LogP contribution in [0.5, 0.6) is 0 Å². The molecule has 0 heterocycles. The molecule has 0 saturated heterocycles. The van der Waals surface area contributed by atoms with Crippen molar-refractivity contribution >= 4 is 5.96 Å². The summed E-state index contributed by atoms with van der Waals surface area (Å²) in [5, 5.41) is 6.57. The Kier molecular flexibility index (Phi) is 13.6. The number of nitrogens with zero attached hydrogens (tertiary/aromatic N) is 1. The van der Waals surface area contributed by atoms with Gasteiger partial charge in [-0.2, -0.15) is 0 Å². The van der Waals surface area contributed by atoms with Crippen molar-refractivity contribution in [2.24, 2.45) is 16.8 Å². The highest BCUT2D eigenvalue weighted by Crippen LogP contribution is 1.93. The molecular formula is C16H35N3O2. The second-order valence-electron chi connectivity index (χ2n) is 6.07. The largest absolute Gasteiger partial charge is 0.381 e. The molecule has 0 bridgehead atoms. The van der Waals surface area contributed by atoms with E-state index in [4.69, 9.17) is 9.47 Å². The van der Waals surface area contributed by atoms with E-state index < -0.39 is 0 Å². The van der Waals surface area contributed by atoms with E-state index in [0.717, 1.165) is 58.3 Å². The topological polar surface area (TPSA) is 54.9 Å². The molecule has 0 aliphatic carbocycles. The summed E-state index contributed by atoms with van der Waals surface area (Å²) in [6.45, 7) is 13.7. The van der Waals surface area contributed by atoms with Crippen LogP contribution in [0.25, 0.3) is 0 Å². The molecule has 0 fully saturated rings. The normalized spacial score (nSPS) is 11.0. The third-order valence-electron chi connectivity index (χ3n) is 2.64. The van der Waals surface area contributed by atoms with Crippen LogP contribution in [0.4, 0.5) is 0 Å². The van der Waals surface area contributed by atoms with Crippen molar-refractivity contribution in [1.82, 2.24) is 10.6 Å². The maximum Gasteiger partial charge on any atom is 0.190 e. The van der Waals surface area contributed by atoms with Crippen LogP contribution in [0.1, 0.15) is 40.5 Å². The van der Waals surface area contributed by atoms with Gasteiger partial charge in [-0.05, 0) is 24.7 Å². The minimum absolute atomic E-state index is 0.602. The Balaban J connectivity index is 3.42. The molecule has 0 unspecified atom stereocenters. The standard InChI is InChI=1S/C16H35N3O2/c1-14(2)12-20-10-6-8-18-16(17-5)19-9-7-11-21-13-15(3)4/h14-15H,6-13H2,1-5H3,(H2,17,18,19). The molecule has 0 aliphatic heterocycles. The summed E-state index contributed by atoms with van der Waals surface area (Å²) in [7, 11) is 1.79. The number of nitrogens with one attached hydrogen (secondary N) is 2. The lowest BCUT2D eigenvalue weighted by Crippen LogP contribution is -2.38. The Morgan fingerprint density at radius 3 is 1.62 bits per heavy atom. The maximum absolute atomic E-state index is 5.54. The average Bonchev–Trinajstić information content (AvgIpc) is 2.43. The van der Waals surface area contributed by atoms with Crippen LogP contribution in [0.2, 0.25) is 0 Å². The molecule has 5 heteroatoms. The monoisotopic (exact) mass is 301 g/mol. The molecule has 21 heavy (non-hydrogen) atoms. The number of aliphatic imine (C=N–C) groups is 1. The van der Waals surface area contributed by atoms with Gasteiger partial charge in [-0.25, -0.2) is 0 Å². The minimum atomic E-state index is 0.602. The quantitative estimate of drug-likeness (QED) is 0.330. The fraction of sp³-hybridized carbons (Fsp3) is 0.938. The van der Waals surface area contributed by atoms with E-state index in [2.05, 4.69) is 43.3 Å². The highest BCUT2D eigenvalue weighted by molar-refractivity contribution is 5.79. The summed E-state index contributed by atoms with van der Waals surface area (Å²) < 4.78 is 11.1. The molecule has 0 aliphatic rings. The lowest BCUT2D eigenvalue weighted by molar-refractivity contribution is 0.108. The zero-order valence-corrected chi connectivity index (χ0v) is 14.6. The van der Waals surface area contributed by atoms with Crippen molar-refractivity contribution in [3.63, 3.8) is 0 Å². The van der Waals surface area contributed by atoms with Crippen LogP contribution in [0, 0.1) is 11.8 Å². The molecule has 0 rings (SSSR count). The Morgan fingerprint density at radius 2 is 1.29 bits per heavy atom. The highest BCUT2D eigenvalue weighted by Gasteiger charge is 1.98. The summed E-state index contributed by atoms with van der Waals surface area (Å²) in [6, 6.07) is 0. The molecule has 5 nitrogen and oxygen atoms in total. The van der Waals surface area contributed by atoms with E-state index in [1.165, 1.54) is 0 Å². The van der Waals surface area contributed by atoms with Crippen molar-refractivity contribution in [3.05, 3.63) is 0 Å². The van der Waals surface area contributed by atoms with Crippen LogP contribution in [-0.4, -0.2) is 52.5 Å². The molecule has 0 aromatic carbocycles. The summed E-state index contributed by atoms with van der Waals surface area (Å²) in [4.78, 5) is 4.19. The van der Waals surface area contributed by atoms with Crippen LogP contribution in [0.15, 0.2) is 4.99 Å². The molecule has 0 atom stereocenters. The first kappa shape index (κ1) is 20.2. The third-order valence-corrected chi connectivity index (χ3v) is 2.64. The van der Waals surface area contributed by atoms with Crippen LogP contribution < -0.4 is 10.6 Å². The lowest BCUT2D eigenvalue weighted by atomic mass is 10.2. The molecule has 0 amide bonds. The zero-order chi connectivity index (χ0) is 15.9. The Bertz CT molecular complexity index is 234. The molecule has 0 aromatic rings. The smallest absolute Gasteiger partial charge is 0.190 e. The van der Waals surface area contributed by atoms with Gasteiger partial charge in [-0.3, -0.25) is 4.99 Å². The molecule has 2 N–H and O–H groups in total. The predicted molar refractivity (Wildman–Crippen MR) is 89.9 cm³/mol. The molecule has 0 saturated carbocycles. The molecule has 0 spiro atoms. The number of hydrogen-bond donors (Lipinski definition) is 2. The van der Waals surface area contributed by atoms with Gasteiger partial charge in [0.25, 0.3) is 0 Å². The van der Waals surface area contributed by atoms with Gasteiger partial charge in [0, 0.05) is 46.6 Å². The van der Waals surface area contributed by atoms with Crippen molar-refractivity contribution in [3.8, 4) is 0 Å². The third kappa shape index (κ3) is 15.4. The highest BCUT2D eigenvalue weighted by atomic mass is 16.5. The van der Waals surface area contributed by atoms with Crippen LogP contribution >= 0.6 is 0 Å². The van der Waals surface area contributed by atoms with Crippen molar-refractivity contribution in [1.29, 1.82) is 0 Å². The lowest BCUT2D eigenvalue weighted by Gasteiger charge is -2.12. The first-order valence-electron chi connectivity index (χ1n) is 8.16. The van der Waals surface area contributed by atoms with Gasteiger partial charge in [0.2, 0.25) is 0 Å². The Labute approximate surface area is 130 Å². The summed E-state index contributed by atoms with van der Waals surface area (Å²) in [5.74, 6) is 2.05. The average molecular weight is 301 g/mol. The maximum atomic E-state index is 5.54. The fourth-order valence-corrected chi connectivity index (χ4v) is 1.62. The van der Waals surface area contributed by atoms with E-state index >= 15 is 0 Å². The second kappa shape index (κ2) is 14.1. The summed E-state index contributed by atoms with van der Waals surface area (Å²) in [6.07, 6.45) is 1.98. The molecule has 0 aromatic heterocycles. The number of rotatable bonds is 12. The summed E-state index contributed by atoms with van der Waals surface area (Å²) >= 11 is 0. The fourth-order valence-electron chi connectivity index (χ4n) is 1.62. The summed E-state index contributed by atoms with van der Waals surface area (Å²) in [5.41, 5.74) is 0. The zero-order valence-electron chi connectivity index (χ0n) is 14.6. The number of hydrogen-bond acceptors (Lipinski definition) is 3. The van der Waals surface area contributed by atoms with E-state index in [-0.39, 0.29) is 0 Å². The SMILES string of the molecule is CN=C(NCCCOCC(C)C)NCCCOCC(C)C. The molecule has 0 radical (unpaired) electrons. The predicted octanol–water partition coefficient (Wildman–Crippen LogP) is 2.28. The number of guanidine groups is 1. The van der Waals surface area contributed by atoms with E-state index in [0.29, 0.717) is 11.8 Å². The van der Waals surface area contributed by atoms with Gasteiger partial charge in [-0.1, -0.05) is 27.7 Å². The molecular weight excluding hydrogens is 266 g/mol.